The molecule has 0 saturated carbocycles. The van der Waals surface area contributed by atoms with Gasteiger partial charge in [-0.25, -0.2) is 0 Å². The van der Waals surface area contributed by atoms with Gasteiger partial charge in [0.15, 0.2) is 34.5 Å². The van der Waals surface area contributed by atoms with Crippen molar-refractivity contribution in [3.8, 4) is 51.7 Å². The Kier molecular flexibility index (Phi) is 11.0. The Morgan fingerprint density at radius 2 is 0.844 bits per heavy atom. The van der Waals surface area contributed by atoms with Gasteiger partial charge in [0.1, 0.15) is 6.10 Å². The average Bonchev–Trinajstić information content (AvgIpc) is 3.36. The number of hydrogen-bond acceptors (Lipinski definition) is 10. The Bertz CT molecular complexity index is 1380. The molecule has 3 aromatic rings. The lowest BCUT2D eigenvalue weighted by atomic mass is 9.85. The van der Waals surface area contributed by atoms with Crippen molar-refractivity contribution in [1.29, 1.82) is 0 Å². The monoisotopic (exact) mass is 626 g/mol. The van der Waals surface area contributed by atoms with Crippen LogP contribution in [0.2, 0.25) is 0 Å². The molecule has 5 atom stereocenters. The highest BCUT2D eigenvalue weighted by Gasteiger charge is 2.42. The molecule has 1 heterocycles. The molecular formula is C35H46O10. The minimum atomic E-state index is -0.243. The normalized spacial score (nSPS) is 19.8. The molecule has 1 aliphatic rings. The van der Waals surface area contributed by atoms with Crippen molar-refractivity contribution in [2.45, 2.75) is 45.5 Å². The van der Waals surface area contributed by atoms with Crippen LogP contribution in [0.1, 0.15) is 49.7 Å². The maximum Gasteiger partial charge on any atom is 0.203 e. The molecule has 1 saturated heterocycles. The molecule has 0 aliphatic carbocycles. The third-order valence-electron chi connectivity index (χ3n) is 8.47. The Morgan fingerprint density at radius 3 is 1.18 bits per heavy atom. The van der Waals surface area contributed by atoms with Crippen molar-refractivity contribution < 1.29 is 47.4 Å². The van der Waals surface area contributed by atoms with E-state index in [0.717, 1.165) is 16.7 Å². The van der Waals surface area contributed by atoms with Crippen LogP contribution in [0.15, 0.2) is 36.4 Å². The summed E-state index contributed by atoms with van der Waals surface area (Å²) in [6.07, 6.45) is -0.100. The van der Waals surface area contributed by atoms with Crippen LogP contribution in [0.5, 0.6) is 51.7 Å². The topological polar surface area (TPSA) is 92.3 Å². The minimum Gasteiger partial charge on any atom is -0.493 e. The van der Waals surface area contributed by atoms with Gasteiger partial charge in [-0.15, -0.1) is 0 Å². The van der Waals surface area contributed by atoms with Gasteiger partial charge in [0.25, 0.3) is 0 Å². The summed E-state index contributed by atoms with van der Waals surface area (Å²) < 4.78 is 58.1. The quantitative estimate of drug-likeness (QED) is 0.189. The standard InChI is InChI=1S/C35H46O10/c1-19(12-22-13-25(36-4)33(42-10)26(14-22)37-5)44-35-29(40-8)17-24(18-30(35)41-9)32-21(3)20(2)31(45-32)23-15-27(38-6)34(43-11)28(16-23)39-7/h13-21,31-32H,12H2,1-11H3/t19-,20-,21+,31-,32+/m0/s1. The number of ether oxygens (including phenoxy) is 10. The van der Waals surface area contributed by atoms with E-state index in [4.69, 9.17) is 47.4 Å². The van der Waals surface area contributed by atoms with Gasteiger partial charge in [0, 0.05) is 6.42 Å². The van der Waals surface area contributed by atoms with Crippen molar-refractivity contribution in [2.75, 3.05) is 56.9 Å². The number of hydrogen-bond donors (Lipinski definition) is 0. The van der Waals surface area contributed by atoms with Crippen molar-refractivity contribution in [1.82, 2.24) is 0 Å². The second-order valence-corrected chi connectivity index (χ2v) is 11.1. The largest absolute Gasteiger partial charge is 0.493 e. The first-order chi connectivity index (χ1) is 21.7. The van der Waals surface area contributed by atoms with Crippen molar-refractivity contribution in [3.63, 3.8) is 0 Å². The molecule has 3 aromatic carbocycles. The van der Waals surface area contributed by atoms with Crippen LogP contribution < -0.4 is 42.6 Å². The average molecular weight is 627 g/mol. The van der Waals surface area contributed by atoms with E-state index in [2.05, 4.69) is 13.8 Å². The molecule has 0 spiro atoms. The Labute approximate surface area is 266 Å². The highest BCUT2D eigenvalue weighted by Crippen LogP contribution is 2.53. The van der Waals surface area contributed by atoms with Gasteiger partial charge < -0.3 is 47.4 Å². The van der Waals surface area contributed by atoms with Crippen LogP contribution in [0.4, 0.5) is 0 Å². The number of rotatable bonds is 14. The third kappa shape index (κ3) is 6.76. The Balaban J connectivity index is 1.61. The van der Waals surface area contributed by atoms with Gasteiger partial charge >= 0.3 is 0 Å². The smallest absolute Gasteiger partial charge is 0.203 e. The summed E-state index contributed by atoms with van der Waals surface area (Å²) in [7, 11) is 12.8. The molecule has 1 aliphatic heterocycles. The van der Waals surface area contributed by atoms with E-state index in [0.29, 0.717) is 58.2 Å². The molecule has 0 aromatic heterocycles. The fraction of sp³-hybridized carbons (Fsp3) is 0.486. The van der Waals surface area contributed by atoms with Crippen LogP contribution in [-0.4, -0.2) is 63.0 Å². The molecule has 4 rings (SSSR count). The summed E-state index contributed by atoms with van der Waals surface area (Å²) in [4.78, 5) is 0. The highest BCUT2D eigenvalue weighted by molar-refractivity contribution is 5.57. The molecular weight excluding hydrogens is 580 g/mol. The molecule has 10 nitrogen and oxygen atoms in total. The Morgan fingerprint density at radius 1 is 0.511 bits per heavy atom. The number of benzene rings is 3. The van der Waals surface area contributed by atoms with Gasteiger partial charge in [-0.3, -0.25) is 0 Å². The van der Waals surface area contributed by atoms with Crippen LogP contribution in [-0.2, 0) is 11.2 Å². The summed E-state index contributed by atoms with van der Waals surface area (Å²) in [5, 5.41) is 0. The molecule has 10 heteroatoms. The predicted octanol–water partition coefficient (Wildman–Crippen LogP) is 6.85. The predicted molar refractivity (Wildman–Crippen MR) is 170 cm³/mol. The zero-order valence-electron chi connectivity index (χ0n) is 28.1. The molecule has 0 unspecified atom stereocenters. The van der Waals surface area contributed by atoms with E-state index in [1.807, 2.05) is 43.3 Å². The lowest BCUT2D eigenvalue weighted by Gasteiger charge is -2.23. The second-order valence-electron chi connectivity index (χ2n) is 11.1. The van der Waals surface area contributed by atoms with E-state index in [1.165, 1.54) is 0 Å². The molecule has 1 fully saturated rings. The van der Waals surface area contributed by atoms with E-state index < -0.39 is 0 Å². The first-order valence-electron chi connectivity index (χ1n) is 14.8. The first-order valence-corrected chi connectivity index (χ1v) is 14.8. The van der Waals surface area contributed by atoms with E-state index in [9.17, 15) is 0 Å². The Hall–Kier alpha value is -4.18. The highest BCUT2D eigenvalue weighted by atomic mass is 16.6. The van der Waals surface area contributed by atoms with Gasteiger partial charge in [0.05, 0.1) is 69.1 Å². The van der Waals surface area contributed by atoms with Crippen molar-refractivity contribution in [2.24, 2.45) is 11.8 Å². The van der Waals surface area contributed by atoms with Gasteiger partial charge in [-0.1, -0.05) is 13.8 Å². The SMILES string of the molecule is COc1cc(C[C@H](C)Oc2c(OC)cc([C@@H]3O[C@H](c4cc(OC)c(OC)c(OC)c4)[C@@H](C)[C@H]3C)cc2OC)cc(OC)c1OC. The summed E-state index contributed by atoms with van der Waals surface area (Å²) in [5.41, 5.74) is 2.85. The zero-order valence-corrected chi connectivity index (χ0v) is 28.1. The summed E-state index contributed by atoms with van der Waals surface area (Å²) in [6, 6.07) is 11.7. The maximum absolute atomic E-state index is 6.75. The zero-order chi connectivity index (χ0) is 32.8. The molecule has 0 radical (unpaired) electrons. The fourth-order valence-corrected chi connectivity index (χ4v) is 6.00. The second kappa shape index (κ2) is 14.7. The fourth-order valence-electron chi connectivity index (χ4n) is 6.00. The van der Waals surface area contributed by atoms with Crippen LogP contribution in [0.3, 0.4) is 0 Å². The molecule has 45 heavy (non-hydrogen) atoms. The van der Waals surface area contributed by atoms with E-state index >= 15 is 0 Å². The van der Waals surface area contributed by atoms with Crippen molar-refractivity contribution >= 4 is 0 Å². The summed E-state index contributed by atoms with van der Waals surface area (Å²) in [6.45, 7) is 6.37. The third-order valence-corrected chi connectivity index (χ3v) is 8.47. The van der Waals surface area contributed by atoms with Crippen LogP contribution in [0, 0.1) is 11.8 Å². The first kappa shape index (κ1) is 33.7. The molecule has 0 bridgehead atoms. The van der Waals surface area contributed by atoms with E-state index in [1.54, 1.807) is 56.9 Å². The number of methoxy groups -OCH3 is 8. The summed E-state index contributed by atoms with van der Waals surface area (Å²) in [5.74, 6) is 5.42. The molecule has 0 amide bonds. The lowest BCUT2D eigenvalue weighted by molar-refractivity contribution is 0.0285. The molecule has 0 N–H and O–H groups in total. The van der Waals surface area contributed by atoms with E-state index in [-0.39, 0.29) is 30.1 Å². The van der Waals surface area contributed by atoms with Gasteiger partial charge in [-0.05, 0) is 71.8 Å². The van der Waals surface area contributed by atoms with Crippen LogP contribution >= 0.6 is 0 Å². The van der Waals surface area contributed by atoms with Gasteiger partial charge in [0.2, 0.25) is 17.2 Å². The lowest BCUT2D eigenvalue weighted by Crippen LogP contribution is -2.17. The van der Waals surface area contributed by atoms with Gasteiger partial charge in [-0.2, -0.15) is 0 Å². The minimum absolute atomic E-state index is 0.175. The van der Waals surface area contributed by atoms with Crippen molar-refractivity contribution in [3.05, 3.63) is 53.1 Å². The molecule has 246 valence electrons. The van der Waals surface area contributed by atoms with Crippen LogP contribution in [0.25, 0.3) is 0 Å². The maximum atomic E-state index is 6.75. The summed E-state index contributed by atoms with van der Waals surface area (Å²) >= 11 is 0.